The minimum absolute atomic E-state index is 0.701. The molecular formula is C51H31N5. The van der Waals surface area contributed by atoms with Crippen molar-refractivity contribution in [3.63, 3.8) is 0 Å². The van der Waals surface area contributed by atoms with Crippen molar-refractivity contribution in [2.75, 3.05) is 0 Å². The van der Waals surface area contributed by atoms with Crippen molar-refractivity contribution in [3.05, 3.63) is 188 Å². The van der Waals surface area contributed by atoms with Gasteiger partial charge >= 0.3 is 0 Å². The first-order valence-electron chi connectivity index (χ1n) is 19.0. The summed E-state index contributed by atoms with van der Waals surface area (Å²) < 4.78 is 4.72. The number of rotatable bonds is 4. The number of imidazole rings is 1. The van der Waals surface area contributed by atoms with Crippen molar-refractivity contribution in [2.24, 2.45) is 0 Å². The smallest absolute Gasteiger partial charge is 0.160 e. The third-order valence-corrected chi connectivity index (χ3v) is 11.3. The van der Waals surface area contributed by atoms with Gasteiger partial charge in [-0.1, -0.05) is 127 Å². The monoisotopic (exact) mass is 713 g/mol. The van der Waals surface area contributed by atoms with Crippen LogP contribution in [0.2, 0.25) is 0 Å². The van der Waals surface area contributed by atoms with Gasteiger partial charge < -0.3 is 4.57 Å². The molecule has 4 heterocycles. The Morgan fingerprint density at radius 3 is 1.71 bits per heavy atom. The van der Waals surface area contributed by atoms with Gasteiger partial charge in [0.05, 0.1) is 38.8 Å². The SMILES string of the molecule is c1ccc(-c2ccc(-c3nc(-c4ccc(-n5c6ccccc6c6cc7c8ccccc8c8nc9ccccc9n8c7cc65)cc4)nc4ccccc34)cc2)cc1. The first-order chi connectivity index (χ1) is 27.8. The normalized spacial score (nSPS) is 11.9. The van der Waals surface area contributed by atoms with Crippen LogP contribution in [0.1, 0.15) is 0 Å². The predicted octanol–water partition coefficient (Wildman–Crippen LogP) is 12.8. The number of hydrogen-bond donors (Lipinski definition) is 0. The second-order valence-electron chi connectivity index (χ2n) is 14.4. The molecule has 0 spiro atoms. The second-order valence-corrected chi connectivity index (χ2v) is 14.4. The van der Waals surface area contributed by atoms with Gasteiger partial charge in [-0.05, 0) is 77.2 Å². The van der Waals surface area contributed by atoms with Crippen LogP contribution in [0.15, 0.2) is 188 Å². The Morgan fingerprint density at radius 1 is 0.321 bits per heavy atom. The second kappa shape index (κ2) is 11.9. The van der Waals surface area contributed by atoms with Crippen molar-refractivity contribution < 1.29 is 0 Å². The molecule has 56 heavy (non-hydrogen) atoms. The fourth-order valence-corrected chi connectivity index (χ4v) is 8.68. The van der Waals surface area contributed by atoms with Gasteiger partial charge in [0.2, 0.25) is 0 Å². The zero-order valence-electron chi connectivity index (χ0n) is 30.1. The number of fused-ring (bicyclic) bond motifs is 12. The number of hydrogen-bond acceptors (Lipinski definition) is 3. The maximum Gasteiger partial charge on any atom is 0.160 e. The highest BCUT2D eigenvalue weighted by molar-refractivity contribution is 6.20. The minimum Gasteiger partial charge on any atom is -0.309 e. The van der Waals surface area contributed by atoms with Crippen molar-refractivity contribution in [1.29, 1.82) is 0 Å². The fourth-order valence-electron chi connectivity index (χ4n) is 8.68. The summed E-state index contributed by atoms with van der Waals surface area (Å²) in [6.07, 6.45) is 0. The standard InChI is InChI=1S/C51H31N5/c1-2-12-32(13-3-1)33-22-24-34(25-23-33)49-40-17-6-8-18-43(40)52-50(54-49)35-26-28-36(29-27-35)55-45-20-10-7-15-38(45)42-30-41-37-14-4-5-16-39(37)51-53-44-19-9-11-21-46(44)56(51)48(41)31-47(42)55/h1-31H. The van der Waals surface area contributed by atoms with Crippen LogP contribution in [0.5, 0.6) is 0 Å². The van der Waals surface area contributed by atoms with Crippen LogP contribution in [-0.4, -0.2) is 23.9 Å². The van der Waals surface area contributed by atoms with E-state index in [-0.39, 0.29) is 0 Å². The average Bonchev–Trinajstić information content (AvgIpc) is 3.82. The molecule has 0 unspecified atom stereocenters. The molecule has 0 aliphatic heterocycles. The van der Waals surface area contributed by atoms with Gasteiger partial charge in [0, 0.05) is 43.7 Å². The molecule has 0 aliphatic carbocycles. The maximum atomic E-state index is 5.22. The molecule has 260 valence electrons. The van der Waals surface area contributed by atoms with E-state index in [9.17, 15) is 0 Å². The Labute approximate surface area is 321 Å². The first-order valence-corrected chi connectivity index (χ1v) is 19.0. The van der Waals surface area contributed by atoms with Crippen LogP contribution >= 0.6 is 0 Å². The summed E-state index contributed by atoms with van der Waals surface area (Å²) in [6.45, 7) is 0. The molecule has 0 atom stereocenters. The van der Waals surface area contributed by atoms with E-state index in [1.54, 1.807) is 0 Å². The molecule has 0 N–H and O–H groups in total. The van der Waals surface area contributed by atoms with Gasteiger partial charge in [0.25, 0.3) is 0 Å². The molecule has 5 heteroatoms. The highest BCUT2D eigenvalue weighted by Gasteiger charge is 2.19. The van der Waals surface area contributed by atoms with E-state index in [4.69, 9.17) is 15.0 Å². The molecule has 12 rings (SSSR count). The average molecular weight is 714 g/mol. The van der Waals surface area contributed by atoms with Crippen LogP contribution in [0.4, 0.5) is 0 Å². The molecule has 0 saturated heterocycles. The summed E-state index contributed by atoms with van der Waals surface area (Å²) in [6, 6.07) is 66.6. The van der Waals surface area contributed by atoms with E-state index < -0.39 is 0 Å². The molecule has 0 radical (unpaired) electrons. The molecule has 12 aromatic rings. The molecule has 0 bridgehead atoms. The van der Waals surface area contributed by atoms with E-state index in [2.05, 4.69) is 185 Å². The van der Waals surface area contributed by atoms with E-state index in [0.29, 0.717) is 5.82 Å². The van der Waals surface area contributed by atoms with Crippen LogP contribution in [-0.2, 0) is 0 Å². The van der Waals surface area contributed by atoms with Crippen LogP contribution in [0.3, 0.4) is 0 Å². The lowest BCUT2D eigenvalue weighted by molar-refractivity contribution is 1.17. The maximum absolute atomic E-state index is 5.22. The number of para-hydroxylation sites is 4. The van der Waals surface area contributed by atoms with Crippen LogP contribution < -0.4 is 0 Å². The molecule has 4 aromatic heterocycles. The van der Waals surface area contributed by atoms with Gasteiger partial charge in [-0.25, -0.2) is 15.0 Å². The third-order valence-electron chi connectivity index (χ3n) is 11.3. The van der Waals surface area contributed by atoms with Crippen molar-refractivity contribution in [3.8, 4) is 39.5 Å². The Bertz CT molecular complexity index is 3510. The third kappa shape index (κ3) is 4.58. The Morgan fingerprint density at radius 2 is 0.911 bits per heavy atom. The number of pyridine rings is 1. The zero-order chi connectivity index (χ0) is 36.7. The van der Waals surface area contributed by atoms with Crippen molar-refractivity contribution in [2.45, 2.75) is 0 Å². The largest absolute Gasteiger partial charge is 0.309 e. The molecule has 5 nitrogen and oxygen atoms in total. The quantitative estimate of drug-likeness (QED) is 0.171. The van der Waals surface area contributed by atoms with Gasteiger partial charge in [-0.15, -0.1) is 0 Å². The number of nitrogens with zero attached hydrogens (tertiary/aromatic N) is 5. The lowest BCUT2D eigenvalue weighted by atomic mass is 10.0. The van der Waals surface area contributed by atoms with E-state index >= 15 is 0 Å². The molecular weight excluding hydrogens is 683 g/mol. The van der Waals surface area contributed by atoms with E-state index in [1.807, 2.05) is 12.1 Å². The summed E-state index contributed by atoms with van der Waals surface area (Å²) in [4.78, 5) is 15.4. The van der Waals surface area contributed by atoms with Crippen molar-refractivity contribution >= 4 is 71.1 Å². The summed E-state index contributed by atoms with van der Waals surface area (Å²) in [7, 11) is 0. The first kappa shape index (κ1) is 30.8. The van der Waals surface area contributed by atoms with Crippen LogP contribution in [0.25, 0.3) is 111 Å². The Balaban J connectivity index is 1.03. The van der Waals surface area contributed by atoms with E-state index in [1.165, 1.54) is 32.7 Å². The van der Waals surface area contributed by atoms with Crippen molar-refractivity contribution in [1.82, 2.24) is 23.9 Å². The molecule has 0 aliphatic rings. The lowest BCUT2D eigenvalue weighted by Gasteiger charge is -2.13. The Kier molecular flexibility index (Phi) is 6.56. The summed E-state index contributed by atoms with van der Waals surface area (Å²) in [5.74, 6) is 0.701. The molecule has 8 aromatic carbocycles. The van der Waals surface area contributed by atoms with Gasteiger partial charge in [-0.2, -0.15) is 0 Å². The highest BCUT2D eigenvalue weighted by Crippen LogP contribution is 2.40. The number of aromatic nitrogens is 5. The minimum atomic E-state index is 0.701. The van der Waals surface area contributed by atoms with Gasteiger partial charge in [0.1, 0.15) is 5.65 Å². The summed E-state index contributed by atoms with van der Waals surface area (Å²) >= 11 is 0. The topological polar surface area (TPSA) is 48.0 Å². The van der Waals surface area contributed by atoms with E-state index in [0.717, 1.165) is 72.0 Å². The summed E-state index contributed by atoms with van der Waals surface area (Å²) in [5, 5.41) is 7.03. The predicted molar refractivity (Wildman–Crippen MR) is 231 cm³/mol. The molecule has 0 amide bonds. The number of benzene rings is 8. The summed E-state index contributed by atoms with van der Waals surface area (Å²) in [5.41, 5.74) is 13.8. The molecule has 0 saturated carbocycles. The Hall–Kier alpha value is -7.63. The van der Waals surface area contributed by atoms with Gasteiger partial charge in [0.15, 0.2) is 5.82 Å². The zero-order valence-corrected chi connectivity index (χ0v) is 30.1. The highest BCUT2D eigenvalue weighted by atomic mass is 15.0. The lowest BCUT2D eigenvalue weighted by Crippen LogP contribution is -1.97. The van der Waals surface area contributed by atoms with Gasteiger partial charge in [-0.3, -0.25) is 4.40 Å². The fraction of sp³-hybridized carbons (Fsp3) is 0. The molecule has 0 fully saturated rings. The van der Waals surface area contributed by atoms with Crippen LogP contribution in [0, 0.1) is 0 Å².